The van der Waals surface area contributed by atoms with Crippen LogP contribution in [0.15, 0.2) is 236 Å². The van der Waals surface area contributed by atoms with Crippen LogP contribution in [0.25, 0.3) is 0 Å². The third kappa shape index (κ3) is 11.6. The standard InChI is InChI=1S/C48H40N4O12P4/c53-37-21-29-45(30-22-37)61-65(57-41-13-5-1-6-14-41)49-66(58-42-15-7-2-8-16-42,62-46-31-23-38(54)24-32-46)51-68(60-44-19-11-4-12-20-44,64-48-35-27-40(56)28-36-48)52-67(50-65,59-43-17-9-3-10-18-43)63-47-33-25-39(55)26-34-47/h1-36,53-56H. The van der Waals surface area contributed by atoms with Gasteiger partial charge < -0.3 is 56.6 Å². The van der Waals surface area contributed by atoms with E-state index >= 15 is 0 Å². The first kappa shape index (κ1) is 45.4. The highest BCUT2D eigenvalue weighted by Gasteiger charge is 2.49. The van der Waals surface area contributed by atoms with Crippen LogP contribution in [0.5, 0.6) is 69.0 Å². The Kier molecular flexibility index (Phi) is 13.4. The number of hydrogen-bond acceptors (Lipinski definition) is 16. The molecular formula is C48H40N4O12P4. The van der Waals surface area contributed by atoms with Gasteiger partial charge in [0.05, 0.1) is 0 Å². The summed E-state index contributed by atoms with van der Waals surface area (Å²) in [5.74, 6) is 1.13. The topological polar surface area (TPSA) is 204 Å². The van der Waals surface area contributed by atoms with Gasteiger partial charge in [-0.05, 0) is 146 Å². The average Bonchev–Trinajstić information content (AvgIpc) is 3.33. The zero-order chi connectivity index (χ0) is 46.9. The highest BCUT2D eigenvalue weighted by molar-refractivity contribution is 7.79. The van der Waals surface area contributed by atoms with Crippen molar-refractivity contribution in [1.29, 1.82) is 0 Å². The number of aromatic hydroxyl groups is 4. The highest BCUT2D eigenvalue weighted by atomic mass is 31.3. The number of phenols is 4. The van der Waals surface area contributed by atoms with Gasteiger partial charge in [-0.15, -0.1) is 0 Å². The van der Waals surface area contributed by atoms with Crippen LogP contribution in [0.1, 0.15) is 0 Å². The summed E-state index contributed by atoms with van der Waals surface area (Å²) in [6.45, 7) is 0. The van der Waals surface area contributed by atoms with Gasteiger partial charge in [-0.25, -0.2) is 0 Å². The molecule has 1 aliphatic rings. The second kappa shape index (κ2) is 20.0. The maximum atomic E-state index is 10.4. The number of phenolic OH excluding ortho intramolecular Hbond substituents is 4. The molecule has 0 saturated carbocycles. The summed E-state index contributed by atoms with van der Waals surface area (Å²) in [5.41, 5.74) is 0. The van der Waals surface area contributed by atoms with Gasteiger partial charge in [0, 0.05) is 0 Å². The summed E-state index contributed by atoms with van der Waals surface area (Å²) in [7, 11) is -18.4. The summed E-state index contributed by atoms with van der Waals surface area (Å²) in [5, 5.41) is 41.7. The number of rotatable bonds is 16. The Morgan fingerprint density at radius 2 is 0.353 bits per heavy atom. The third-order valence-corrected chi connectivity index (χ3v) is 19.8. The molecule has 0 atom stereocenters. The smallest absolute Gasteiger partial charge is 0.460 e. The zero-order valence-electron chi connectivity index (χ0n) is 35.4. The van der Waals surface area contributed by atoms with E-state index in [0.717, 1.165) is 0 Å². The van der Waals surface area contributed by atoms with E-state index in [9.17, 15) is 20.4 Å². The first-order valence-corrected chi connectivity index (χ1v) is 26.6. The Labute approximate surface area is 391 Å². The lowest BCUT2D eigenvalue weighted by atomic mass is 10.3. The molecular weight excluding hydrogens is 948 g/mol. The lowest BCUT2D eigenvalue weighted by Crippen LogP contribution is -2.11. The van der Waals surface area contributed by atoms with E-state index in [1.807, 2.05) is 0 Å². The third-order valence-electron chi connectivity index (χ3n) is 9.02. The Bertz CT molecular complexity index is 2740. The Balaban J connectivity index is 1.48. The zero-order valence-corrected chi connectivity index (χ0v) is 39.0. The first-order valence-electron chi connectivity index (χ1n) is 20.5. The van der Waals surface area contributed by atoms with E-state index < -0.39 is 30.6 Å². The van der Waals surface area contributed by atoms with Crippen molar-refractivity contribution >= 4 is 30.6 Å². The molecule has 0 bridgehead atoms. The van der Waals surface area contributed by atoms with E-state index in [2.05, 4.69) is 0 Å². The molecule has 9 rings (SSSR count). The van der Waals surface area contributed by atoms with Crippen LogP contribution in [-0.4, -0.2) is 20.4 Å². The summed E-state index contributed by atoms with van der Waals surface area (Å²) >= 11 is 0. The second-order valence-corrected chi connectivity index (χ2v) is 22.5. The van der Waals surface area contributed by atoms with Gasteiger partial charge in [-0.1, -0.05) is 90.9 Å². The van der Waals surface area contributed by atoms with Gasteiger partial charge in [0.15, 0.2) is 0 Å². The molecule has 1 aliphatic heterocycles. The monoisotopic (exact) mass is 988 g/mol. The number of benzene rings is 8. The average molecular weight is 989 g/mol. The molecule has 8 aromatic rings. The van der Waals surface area contributed by atoms with E-state index in [1.165, 1.54) is 97.1 Å². The maximum Gasteiger partial charge on any atom is 0.460 e. The van der Waals surface area contributed by atoms with Crippen molar-refractivity contribution in [3.8, 4) is 69.0 Å². The van der Waals surface area contributed by atoms with Crippen molar-refractivity contribution in [2.24, 2.45) is 18.1 Å². The van der Waals surface area contributed by atoms with Crippen LogP contribution < -0.4 is 36.2 Å². The molecule has 0 spiro atoms. The van der Waals surface area contributed by atoms with Gasteiger partial charge in [-0.2, -0.15) is 0 Å². The molecule has 0 aliphatic carbocycles. The van der Waals surface area contributed by atoms with Crippen LogP contribution in [0.2, 0.25) is 0 Å². The first-order chi connectivity index (χ1) is 33.0. The van der Waals surface area contributed by atoms with Crippen LogP contribution in [-0.2, 0) is 0 Å². The van der Waals surface area contributed by atoms with Gasteiger partial charge in [0.1, 0.15) is 69.0 Å². The molecule has 20 heteroatoms. The summed E-state index contributed by atoms with van der Waals surface area (Å²) < 4.78 is 77.1. The predicted molar refractivity (Wildman–Crippen MR) is 261 cm³/mol. The fraction of sp³-hybridized carbons (Fsp3) is 0. The van der Waals surface area contributed by atoms with Crippen molar-refractivity contribution in [3.63, 3.8) is 0 Å². The van der Waals surface area contributed by atoms with Gasteiger partial charge in [0.2, 0.25) is 0 Å². The minimum absolute atomic E-state index is 0.0564. The predicted octanol–water partition coefficient (Wildman–Crippen LogP) is 15.2. The summed E-state index contributed by atoms with van der Waals surface area (Å²) in [4.78, 5) is 0. The molecule has 1 heterocycles. The number of hydrogen-bond donors (Lipinski definition) is 4. The largest absolute Gasteiger partial charge is 0.508 e. The molecule has 0 radical (unpaired) electrons. The van der Waals surface area contributed by atoms with Crippen LogP contribution in [0.3, 0.4) is 0 Å². The lowest BCUT2D eigenvalue weighted by Gasteiger charge is -2.33. The van der Waals surface area contributed by atoms with Crippen molar-refractivity contribution in [2.75, 3.05) is 0 Å². The summed E-state index contributed by atoms with van der Waals surface area (Å²) in [6.07, 6.45) is 0. The SMILES string of the molecule is Oc1ccc(OP2(Oc3ccccc3)=NP(Oc3ccccc3)(Oc3ccc(O)cc3)=NP(Oc3ccccc3)(Oc3ccc(O)cc3)=NP(Oc3ccccc3)(Oc3ccc(O)cc3)=N2)cc1. The Hall–Kier alpha value is -7.72. The normalized spacial score (nSPS) is 20.7. The van der Waals surface area contributed by atoms with Gasteiger partial charge >= 0.3 is 30.6 Å². The van der Waals surface area contributed by atoms with Gasteiger partial charge in [0.25, 0.3) is 0 Å². The fourth-order valence-corrected chi connectivity index (χ4v) is 18.1. The maximum absolute atomic E-state index is 10.4. The Morgan fingerprint density at radius 3 is 0.515 bits per heavy atom. The molecule has 68 heavy (non-hydrogen) atoms. The van der Waals surface area contributed by atoms with Crippen LogP contribution in [0.4, 0.5) is 0 Å². The van der Waals surface area contributed by atoms with Crippen molar-refractivity contribution in [1.82, 2.24) is 0 Å². The molecule has 8 aromatic carbocycles. The molecule has 0 aromatic heterocycles. The Morgan fingerprint density at radius 1 is 0.206 bits per heavy atom. The van der Waals surface area contributed by atoms with Crippen molar-refractivity contribution < 1.29 is 56.6 Å². The van der Waals surface area contributed by atoms with Crippen molar-refractivity contribution in [2.45, 2.75) is 0 Å². The fourth-order valence-electron chi connectivity index (χ4n) is 6.06. The van der Waals surface area contributed by atoms with Gasteiger partial charge in [-0.3, -0.25) is 0 Å². The minimum Gasteiger partial charge on any atom is -0.508 e. The molecule has 0 unspecified atom stereocenters. The molecule has 0 amide bonds. The number of nitrogens with zero attached hydrogens (tertiary/aromatic N) is 4. The molecule has 0 saturated heterocycles. The highest BCUT2D eigenvalue weighted by Crippen LogP contribution is 2.79. The van der Waals surface area contributed by atoms with Crippen LogP contribution in [0, 0.1) is 0 Å². The second-order valence-electron chi connectivity index (χ2n) is 14.3. The molecule has 0 fully saturated rings. The van der Waals surface area contributed by atoms with E-state index in [1.54, 1.807) is 121 Å². The molecule has 344 valence electrons. The molecule has 16 nitrogen and oxygen atoms in total. The van der Waals surface area contributed by atoms with E-state index in [-0.39, 0.29) is 69.0 Å². The number of para-hydroxylation sites is 4. The quantitative estimate of drug-likeness (QED) is 0.0668. The lowest BCUT2D eigenvalue weighted by molar-refractivity contribution is 0.440. The van der Waals surface area contributed by atoms with E-state index in [4.69, 9.17) is 54.3 Å². The van der Waals surface area contributed by atoms with Crippen LogP contribution >= 0.6 is 30.6 Å². The van der Waals surface area contributed by atoms with E-state index in [0.29, 0.717) is 0 Å². The minimum atomic E-state index is -4.60. The van der Waals surface area contributed by atoms with Crippen molar-refractivity contribution in [3.05, 3.63) is 218 Å². The molecule has 4 N–H and O–H groups in total. The summed E-state index contributed by atoms with van der Waals surface area (Å²) in [6, 6.07) is 57.7.